The minimum absolute atomic E-state index is 0. The van der Waals surface area contributed by atoms with E-state index in [-0.39, 0.29) is 18.4 Å². The molecule has 1 N–H and O–H groups in total. The Bertz CT molecular complexity index is 759. The van der Waals surface area contributed by atoms with E-state index in [0.29, 0.717) is 11.4 Å². The summed E-state index contributed by atoms with van der Waals surface area (Å²) < 4.78 is 29.1. The first-order valence-corrected chi connectivity index (χ1v) is 12.7. The fraction of sp³-hybridized carbons (Fsp3) is 0.727. The molecule has 0 aromatic heterocycles. The topological polar surface area (TPSA) is 52.7 Å². The van der Waals surface area contributed by atoms with E-state index in [1.54, 1.807) is 0 Å². The molecule has 1 unspecified atom stereocenters. The summed E-state index contributed by atoms with van der Waals surface area (Å²) in [7, 11) is -3.46. The van der Waals surface area contributed by atoms with Crippen LogP contribution in [-0.4, -0.2) is 62.9 Å². The third-order valence-corrected chi connectivity index (χ3v) is 8.60. The number of sulfonamides is 1. The van der Waals surface area contributed by atoms with Gasteiger partial charge in [0, 0.05) is 19.1 Å². The molecule has 7 heteroatoms. The molecule has 29 heavy (non-hydrogen) atoms. The lowest BCUT2D eigenvalue weighted by atomic mass is 9.92. The van der Waals surface area contributed by atoms with Crippen LogP contribution >= 0.6 is 12.4 Å². The van der Waals surface area contributed by atoms with Crippen molar-refractivity contribution >= 4 is 22.4 Å². The summed E-state index contributed by atoms with van der Waals surface area (Å²) in [5.74, 6) is 0. The molecule has 2 heterocycles. The SMILES string of the molecule is Cl.O=S(=O)(c1ccc2c(c1)CCCC2)N(CCCN1CCCC1)C1CCCNC1. The standard InChI is InChI=1S/C22H35N3O2S.ClH/c26-28(27,22-11-10-19-7-1-2-8-20(19)17-22)25(21-9-5-12-23-18-21)16-6-15-24-13-3-4-14-24;/h10-11,17,21,23H,1-9,12-16,18H2;1H. The van der Waals surface area contributed by atoms with E-state index < -0.39 is 10.0 Å². The molecule has 5 nitrogen and oxygen atoms in total. The highest BCUT2D eigenvalue weighted by Crippen LogP contribution is 2.28. The van der Waals surface area contributed by atoms with Crippen LogP contribution in [-0.2, 0) is 22.9 Å². The molecule has 1 aromatic carbocycles. The number of rotatable bonds is 7. The Balaban J connectivity index is 0.00000240. The second kappa shape index (κ2) is 10.6. The molecule has 0 spiro atoms. The molecule has 4 rings (SSSR count). The number of nitrogens with one attached hydrogen (secondary N) is 1. The van der Waals surface area contributed by atoms with Gasteiger partial charge in [0.05, 0.1) is 4.90 Å². The van der Waals surface area contributed by atoms with E-state index in [0.717, 1.165) is 51.7 Å². The minimum Gasteiger partial charge on any atom is -0.315 e. The molecule has 1 aliphatic carbocycles. The summed E-state index contributed by atoms with van der Waals surface area (Å²) in [5, 5.41) is 3.40. The highest BCUT2D eigenvalue weighted by Gasteiger charge is 2.32. The van der Waals surface area contributed by atoms with Gasteiger partial charge in [0.1, 0.15) is 0 Å². The number of piperidine rings is 1. The van der Waals surface area contributed by atoms with Gasteiger partial charge in [0.2, 0.25) is 10.0 Å². The fourth-order valence-corrected chi connectivity index (χ4v) is 6.78. The first kappa shape index (κ1) is 23.0. The number of aryl methyl sites for hydroxylation is 2. The van der Waals surface area contributed by atoms with Gasteiger partial charge in [-0.05, 0) is 107 Å². The molecule has 2 saturated heterocycles. The Labute approximate surface area is 182 Å². The lowest BCUT2D eigenvalue weighted by Gasteiger charge is -2.34. The summed E-state index contributed by atoms with van der Waals surface area (Å²) in [6.45, 7) is 5.74. The maximum Gasteiger partial charge on any atom is 0.243 e. The molecule has 0 amide bonds. The van der Waals surface area contributed by atoms with Gasteiger partial charge in [-0.3, -0.25) is 0 Å². The summed E-state index contributed by atoms with van der Waals surface area (Å²) in [5.41, 5.74) is 2.58. The fourth-order valence-electron chi connectivity index (χ4n) is 5.04. The van der Waals surface area contributed by atoms with Crippen LogP contribution in [0.4, 0.5) is 0 Å². The Morgan fingerprint density at radius 2 is 1.79 bits per heavy atom. The van der Waals surface area contributed by atoms with Gasteiger partial charge in [-0.15, -0.1) is 12.4 Å². The molecule has 1 atom stereocenters. The second-order valence-corrected chi connectivity index (χ2v) is 10.5. The maximum atomic E-state index is 13.6. The van der Waals surface area contributed by atoms with Crippen LogP contribution in [0.5, 0.6) is 0 Å². The Morgan fingerprint density at radius 1 is 1.03 bits per heavy atom. The van der Waals surface area contributed by atoms with Gasteiger partial charge in [0.25, 0.3) is 0 Å². The highest BCUT2D eigenvalue weighted by molar-refractivity contribution is 7.89. The molecule has 0 radical (unpaired) electrons. The number of nitrogens with zero attached hydrogens (tertiary/aromatic N) is 2. The van der Waals surface area contributed by atoms with Crippen molar-refractivity contribution < 1.29 is 8.42 Å². The van der Waals surface area contributed by atoms with E-state index in [4.69, 9.17) is 0 Å². The average molecular weight is 442 g/mol. The monoisotopic (exact) mass is 441 g/mol. The summed E-state index contributed by atoms with van der Waals surface area (Å²) in [6, 6.07) is 5.95. The van der Waals surface area contributed by atoms with E-state index in [2.05, 4.69) is 16.3 Å². The zero-order valence-electron chi connectivity index (χ0n) is 17.4. The number of hydrogen-bond donors (Lipinski definition) is 1. The Hall–Kier alpha value is -0.660. The zero-order chi connectivity index (χ0) is 19.4. The minimum atomic E-state index is -3.46. The van der Waals surface area contributed by atoms with Crippen molar-refractivity contribution in [3.05, 3.63) is 29.3 Å². The maximum absolute atomic E-state index is 13.6. The summed E-state index contributed by atoms with van der Waals surface area (Å²) in [6.07, 6.45) is 9.97. The van der Waals surface area contributed by atoms with E-state index in [1.807, 2.05) is 16.4 Å². The number of hydrogen-bond acceptors (Lipinski definition) is 4. The normalized spacial score (nSPS) is 23.0. The summed E-state index contributed by atoms with van der Waals surface area (Å²) >= 11 is 0. The molecular weight excluding hydrogens is 406 g/mol. The number of likely N-dealkylation sites (tertiary alicyclic amines) is 1. The largest absolute Gasteiger partial charge is 0.315 e. The molecule has 2 fully saturated rings. The van der Waals surface area contributed by atoms with Gasteiger partial charge >= 0.3 is 0 Å². The second-order valence-electron chi connectivity index (χ2n) is 8.66. The smallest absolute Gasteiger partial charge is 0.243 e. The van der Waals surface area contributed by atoms with Crippen molar-refractivity contribution in [2.45, 2.75) is 68.7 Å². The van der Waals surface area contributed by atoms with Crippen molar-refractivity contribution in [1.82, 2.24) is 14.5 Å². The van der Waals surface area contributed by atoms with Crippen molar-refractivity contribution in [2.24, 2.45) is 0 Å². The van der Waals surface area contributed by atoms with Crippen molar-refractivity contribution in [3.8, 4) is 0 Å². The number of fused-ring (bicyclic) bond motifs is 1. The molecular formula is C22H36ClN3O2S. The molecule has 3 aliphatic rings. The highest BCUT2D eigenvalue weighted by atomic mass is 35.5. The van der Waals surface area contributed by atoms with Crippen molar-refractivity contribution in [3.63, 3.8) is 0 Å². The molecule has 164 valence electrons. The van der Waals surface area contributed by atoms with Crippen LogP contribution in [0.25, 0.3) is 0 Å². The van der Waals surface area contributed by atoms with Crippen LogP contribution in [0.15, 0.2) is 23.1 Å². The number of benzene rings is 1. The third-order valence-electron chi connectivity index (χ3n) is 6.66. The van der Waals surface area contributed by atoms with Gasteiger partial charge in [-0.2, -0.15) is 4.31 Å². The molecule has 0 bridgehead atoms. The van der Waals surface area contributed by atoms with Gasteiger partial charge in [0.15, 0.2) is 0 Å². The van der Waals surface area contributed by atoms with Crippen LogP contribution in [0, 0.1) is 0 Å². The first-order chi connectivity index (χ1) is 13.6. The molecule has 1 aromatic rings. The van der Waals surface area contributed by atoms with Crippen LogP contribution in [0.1, 0.15) is 56.1 Å². The van der Waals surface area contributed by atoms with E-state index in [9.17, 15) is 8.42 Å². The van der Waals surface area contributed by atoms with Crippen molar-refractivity contribution in [2.75, 3.05) is 39.3 Å². The van der Waals surface area contributed by atoms with Crippen molar-refractivity contribution in [1.29, 1.82) is 0 Å². The Kier molecular flexibility index (Phi) is 8.40. The molecule has 0 saturated carbocycles. The lowest BCUT2D eigenvalue weighted by Crippen LogP contribution is -2.49. The predicted molar refractivity (Wildman–Crippen MR) is 120 cm³/mol. The van der Waals surface area contributed by atoms with Gasteiger partial charge < -0.3 is 10.2 Å². The average Bonchev–Trinajstić information content (AvgIpc) is 3.25. The predicted octanol–water partition coefficient (Wildman–Crippen LogP) is 3.22. The summed E-state index contributed by atoms with van der Waals surface area (Å²) in [4.78, 5) is 2.97. The number of halogens is 1. The third kappa shape index (κ3) is 5.53. The van der Waals surface area contributed by atoms with Crippen LogP contribution < -0.4 is 5.32 Å². The van der Waals surface area contributed by atoms with Gasteiger partial charge in [-0.25, -0.2) is 8.42 Å². The zero-order valence-corrected chi connectivity index (χ0v) is 19.1. The van der Waals surface area contributed by atoms with Crippen LogP contribution in [0.2, 0.25) is 0 Å². The molecule has 2 aliphatic heterocycles. The van der Waals surface area contributed by atoms with Gasteiger partial charge in [-0.1, -0.05) is 6.07 Å². The lowest BCUT2D eigenvalue weighted by molar-refractivity contribution is 0.246. The van der Waals surface area contributed by atoms with Crippen LogP contribution in [0.3, 0.4) is 0 Å². The quantitative estimate of drug-likeness (QED) is 0.705. The van der Waals surface area contributed by atoms with E-state index in [1.165, 1.54) is 49.9 Å². The first-order valence-electron chi connectivity index (χ1n) is 11.2. The van der Waals surface area contributed by atoms with E-state index >= 15 is 0 Å². The Morgan fingerprint density at radius 3 is 2.52 bits per heavy atom.